The zero-order valence-electron chi connectivity index (χ0n) is 12.9. The van der Waals surface area contributed by atoms with E-state index in [2.05, 4.69) is 15.9 Å². The smallest absolute Gasteiger partial charge is 0.257 e. The molecule has 2 aromatic rings. The Morgan fingerprint density at radius 2 is 1.77 bits per heavy atom. The van der Waals surface area contributed by atoms with E-state index < -0.39 is 0 Å². The number of carbonyl (C=O) groups is 1. The molecule has 1 amide bonds. The van der Waals surface area contributed by atoms with Crippen LogP contribution in [-0.2, 0) is 6.61 Å². The second-order valence-electron chi connectivity index (χ2n) is 4.89. The number of hydrogen-bond acceptors (Lipinski definition) is 2. The Bertz CT molecular complexity index is 624. The first-order chi connectivity index (χ1) is 10.7. The summed E-state index contributed by atoms with van der Waals surface area (Å²) in [7, 11) is 0. The largest absolute Gasteiger partial charge is 0.488 e. The number of rotatable bonds is 6. The Balaban J connectivity index is 2.22. The molecule has 0 heterocycles. The molecule has 0 atom stereocenters. The molecule has 116 valence electrons. The van der Waals surface area contributed by atoms with Crippen molar-refractivity contribution >= 4 is 21.8 Å². The Morgan fingerprint density at radius 1 is 1.09 bits per heavy atom. The molecule has 2 aromatic carbocycles. The summed E-state index contributed by atoms with van der Waals surface area (Å²) in [6.07, 6.45) is 0. The highest BCUT2D eigenvalue weighted by Gasteiger charge is 2.18. The van der Waals surface area contributed by atoms with Gasteiger partial charge in [-0.25, -0.2) is 0 Å². The van der Waals surface area contributed by atoms with Gasteiger partial charge in [0.15, 0.2) is 0 Å². The van der Waals surface area contributed by atoms with Crippen LogP contribution in [0.5, 0.6) is 5.75 Å². The van der Waals surface area contributed by atoms with E-state index in [0.29, 0.717) is 31.0 Å². The normalized spacial score (nSPS) is 10.3. The maximum absolute atomic E-state index is 12.6. The summed E-state index contributed by atoms with van der Waals surface area (Å²) in [5, 5.41) is 0. The van der Waals surface area contributed by atoms with Crippen LogP contribution in [0.3, 0.4) is 0 Å². The minimum atomic E-state index is -0.00522. The molecule has 2 rings (SSSR count). The van der Waals surface area contributed by atoms with Crippen LogP contribution >= 0.6 is 15.9 Å². The van der Waals surface area contributed by atoms with Gasteiger partial charge >= 0.3 is 0 Å². The Labute approximate surface area is 140 Å². The van der Waals surface area contributed by atoms with Gasteiger partial charge in [-0.05, 0) is 37.6 Å². The lowest BCUT2D eigenvalue weighted by atomic mass is 10.1. The van der Waals surface area contributed by atoms with Crippen molar-refractivity contribution in [3.63, 3.8) is 0 Å². The van der Waals surface area contributed by atoms with Crippen molar-refractivity contribution in [3.8, 4) is 5.75 Å². The molecule has 0 aliphatic carbocycles. The van der Waals surface area contributed by atoms with Crippen molar-refractivity contribution in [3.05, 3.63) is 64.1 Å². The van der Waals surface area contributed by atoms with Crippen molar-refractivity contribution in [2.24, 2.45) is 0 Å². The molecule has 0 N–H and O–H groups in total. The number of ether oxygens (including phenoxy) is 1. The summed E-state index contributed by atoms with van der Waals surface area (Å²) in [6.45, 7) is 5.76. The number of benzene rings is 2. The van der Waals surface area contributed by atoms with E-state index in [9.17, 15) is 4.79 Å². The quantitative estimate of drug-likeness (QED) is 0.757. The van der Waals surface area contributed by atoms with E-state index in [0.717, 1.165) is 10.0 Å². The molecule has 0 saturated heterocycles. The van der Waals surface area contributed by atoms with Crippen LogP contribution < -0.4 is 4.74 Å². The Hall–Kier alpha value is -1.81. The second-order valence-corrected chi connectivity index (χ2v) is 5.81. The molecule has 0 saturated carbocycles. The molecule has 0 aliphatic heterocycles. The SMILES string of the molecule is CCN(CC)C(=O)c1cc(Br)ccc1OCc1ccccc1. The van der Waals surface area contributed by atoms with Gasteiger partial charge in [0.2, 0.25) is 0 Å². The molecule has 0 bridgehead atoms. The van der Waals surface area contributed by atoms with Crippen molar-refractivity contribution in [1.29, 1.82) is 0 Å². The average molecular weight is 362 g/mol. The Morgan fingerprint density at radius 3 is 2.41 bits per heavy atom. The van der Waals surface area contributed by atoms with Gasteiger partial charge < -0.3 is 9.64 Å². The van der Waals surface area contributed by atoms with E-state index in [1.165, 1.54) is 0 Å². The molecule has 22 heavy (non-hydrogen) atoms. The van der Waals surface area contributed by atoms with Gasteiger partial charge in [-0.1, -0.05) is 46.3 Å². The molecule has 0 fully saturated rings. The van der Waals surface area contributed by atoms with E-state index >= 15 is 0 Å². The number of hydrogen-bond donors (Lipinski definition) is 0. The predicted molar refractivity (Wildman–Crippen MR) is 92.2 cm³/mol. The van der Waals surface area contributed by atoms with E-state index in [4.69, 9.17) is 4.74 Å². The zero-order chi connectivity index (χ0) is 15.9. The number of nitrogens with zero attached hydrogens (tertiary/aromatic N) is 1. The van der Waals surface area contributed by atoms with E-state index in [1.54, 1.807) is 4.90 Å². The molecule has 3 nitrogen and oxygen atoms in total. The third-order valence-electron chi connectivity index (χ3n) is 3.46. The third-order valence-corrected chi connectivity index (χ3v) is 3.95. The first-order valence-corrected chi connectivity index (χ1v) is 8.20. The number of carbonyl (C=O) groups excluding carboxylic acids is 1. The van der Waals surface area contributed by atoms with Crippen LogP contribution in [-0.4, -0.2) is 23.9 Å². The van der Waals surface area contributed by atoms with Crippen molar-refractivity contribution in [2.45, 2.75) is 20.5 Å². The lowest BCUT2D eigenvalue weighted by Crippen LogP contribution is -2.30. The first-order valence-electron chi connectivity index (χ1n) is 7.41. The summed E-state index contributed by atoms with van der Waals surface area (Å²) in [4.78, 5) is 14.4. The maximum atomic E-state index is 12.6. The topological polar surface area (TPSA) is 29.5 Å². The number of amides is 1. The highest BCUT2D eigenvalue weighted by molar-refractivity contribution is 9.10. The average Bonchev–Trinajstić information content (AvgIpc) is 2.55. The maximum Gasteiger partial charge on any atom is 0.257 e. The molecule has 0 spiro atoms. The highest BCUT2D eigenvalue weighted by atomic mass is 79.9. The van der Waals surface area contributed by atoms with Crippen molar-refractivity contribution in [1.82, 2.24) is 4.90 Å². The van der Waals surface area contributed by atoms with Gasteiger partial charge in [-0.15, -0.1) is 0 Å². The van der Waals surface area contributed by atoms with E-state index in [-0.39, 0.29) is 5.91 Å². The molecule has 4 heteroatoms. The molecular weight excluding hydrogens is 342 g/mol. The van der Waals surface area contributed by atoms with Crippen LogP contribution in [0.15, 0.2) is 53.0 Å². The summed E-state index contributed by atoms with van der Waals surface area (Å²) in [6, 6.07) is 15.5. The monoisotopic (exact) mass is 361 g/mol. The van der Waals surface area contributed by atoms with E-state index in [1.807, 2.05) is 62.4 Å². The summed E-state index contributed by atoms with van der Waals surface area (Å²) in [5.41, 5.74) is 1.67. The summed E-state index contributed by atoms with van der Waals surface area (Å²) in [5.74, 6) is 0.610. The summed E-state index contributed by atoms with van der Waals surface area (Å²) >= 11 is 3.43. The van der Waals surface area contributed by atoms with Crippen LogP contribution in [0.2, 0.25) is 0 Å². The van der Waals surface area contributed by atoms with Crippen LogP contribution in [0.1, 0.15) is 29.8 Å². The molecular formula is C18H20BrNO2. The van der Waals surface area contributed by atoms with Gasteiger partial charge in [-0.3, -0.25) is 4.79 Å². The minimum absolute atomic E-state index is 0.00522. The lowest BCUT2D eigenvalue weighted by molar-refractivity contribution is 0.0768. The van der Waals surface area contributed by atoms with Crippen LogP contribution in [0.4, 0.5) is 0 Å². The van der Waals surface area contributed by atoms with Gasteiger partial charge in [0.05, 0.1) is 5.56 Å². The van der Waals surface area contributed by atoms with Gasteiger partial charge in [0.25, 0.3) is 5.91 Å². The molecule has 0 unspecified atom stereocenters. The first kappa shape index (κ1) is 16.6. The van der Waals surface area contributed by atoms with Gasteiger partial charge in [0.1, 0.15) is 12.4 Å². The fraction of sp³-hybridized carbons (Fsp3) is 0.278. The van der Waals surface area contributed by atoms with Crippen molar-refractivity contribution < 1.29 is 9.53 Å². The standard InChI is InChI=1S/C18H20BrNO2/c1-3-20(4-2)18(21)16-12-15(19)10-11-17(16)22-13-14-8-6-5-7-9-14/h5-12H,3-4,13H2,1-2H3. The summed E-state index contributed by atoms with van der Waals surface area (Å²) < 4.78 is 6.74. The third kappa shape index (κ3) is 4.10. The predicted octanol–water partition coefficient (Wildman–Crippen LogP) is 4.51. The fourth-order valence-electron chi connectivity index (χ4n) is 2.21. The van der Waals surface area contributed by atoms with Crippen LogP contribution in [0, 0.1) is 0 Å². The van der Waals surface area contributed by atoms with Crippen molar-refractivity contribution in [2.75, 3.05) is 13.1 Å². The zero-order valence-corrected chi connectivity index (χ0v) is 14.5. The highest BCUT2D eigenvalue weighted by Crippen LogP contribution is 2.25. The molecule has 0 aromatic heterocycles. The fourth-order valence-corrected chi connectivity index (χ4v) is 2.57. The molecule has 0 aliphatic rings. The molecule has 0 radical (unpaired) electrons. The minimum Gasteiger partial charge on any atom is -0.488 e. The number of halogens is 1. The van der Waals surface area contributed by atoms with Crippen LogP contribution in [0.25, 0.3) is 0 Å². The lowest BCUT2D eigenvalue weighted by Gasteiger charge is -2.20. The Kier molecular flexibility index (Phi) is 6.01. The van der Waals surface area contributed by atoms with Gasteiger partial charge in [0, 0.05) is 17.6 Å². The van der Waals surface area contributed by atoms with Gasteiger partial charge in [-0.2, -0.15) is 0 Å². The second kappa shape index (κ2) is 7.99.